The molecule has 2 aromatic rings. The van der Waals surface area contributed by atoms with Gasteiger partial charge in [-0.3, -0.25) is 4.79 Å². The topological polar surface area (TPSA) is 57.8 Å². The van der Waals surface area contributed by atoms with Gasteiger partial charge in [0.25, 0.3) is 5.91 Å². The van der Waals surface area contributed by atoms with Crippen LogP contribution in [0.4, 0.5) is 11.6 Å². The molecule has 1 aromatic carbocycles. The number of carbonyl (C=O) groups excluding carboxylic acids is 1. The Bertz CT molecular complexity index is 879. The molecule has 1 amide bonds. The zero-order chi connectivity index (χ0) is 18.7. The Morgan fingerprint density at radius 3 is 2.65 bits per heavy atom. The Morgan fingerprint density at radius 1 is 1.19 bits per heavy atom. The van der Waals surface area contributed by atoms with Crippen LogP contribution >= 0.6 is 11.8 Å². The molecule has 1 aromatic heterocycles. The highest BCUT2D eigenvalue weighted by atomic mass is 32.2. The van der Waals surface area contributed by atoms with Crippen molar-refractivity contribution in [3.63, 3.8) is 0 Å². The first-order valence-corrected chi connectivity index (χ1v) is 9.53. The van der Waals surface area contributed by atoms with Gasteiger partial charge in [-0.1, -0.05) is 17.7 Å². The van der Waals surface area contributed by atoms with Crippen molar-refractivity contribution in [3.05, 3.63) is 52.1 Å². The van der Waals surface area contributed by atoms with Crippen LogP contribution in [0.3, 0.4) is 0 Å². The fourth-order valence-electron chi connectivity index (χ4n) is 2.77. The maximum absolute atomic E-state index is 12.2. The van der Waals surface area contributed by atoms with Gasteiger partial charge in [-0.15, -0.1) is 0 Å². The van der Waals surface area contributed by atoms with E-state index >= 15 is 0 Å². The molecule has 0 aliphatic carbocycles. The highest BCUT2D eigenvalue weighted by Gasteiger charge is 2.24. The number of nitrogens with one attached hydrogen (secondary N) is 1. The van der Waals surface area contributed by atoms with E-state index in [1.165, 1.54) is 17.3 Å². The quantitative estimate of drug-likeness (QED) is 0.781. The number of thioether (sulfide) groups is 1. The molecule has 26 heavy (non-hydrogen) atoms. The van der Waals surface area contributed by atoms with Crippen molar-refractivity contribution in [2.24, 2.45) is 4.99 Å². The third kappa shape index (κ3) is 4.02. The molecular weight excluding hydrogens is 346 g/mol. The van der Waals surface area contributed by atoms with Gasteiger partial charge in [-0.2, -0.15) is 0 Å². The number of hydrogen-bond acceptors (Lipinski definition) is 5. The van der Waals surface area contributed by atoms with Crippen molar-refractivity contribution in [1.82, 2.24) is 5.32 Å². The van der Waals surface area contributed by atoms with Gasteiger partial charge < -0.3 is 14.6 Å². The molecule has 0 unspecified atom stereocenters. The Labute approximate surface area is 158 Å². The van der Waals surface area contributed by atoms with Crippen molar-refractivity contribution in [1.29, 1.82) is 0 Å². The third-order valence-electron chi connectivity index (χ3n) is 4.19. The summed E-state index contributed by atoms with van der Waals surface area (Å²) >= 11 is 1.33. The summed E-state index contributed by atoms with van der Waals surface area (Å²) in [6.45, 7) is 9.99. The minimum atomic E-state index is -0.153. The molecular formula is C20H23N3O2S. The van der Waals surface area contributed by atoms with E-state index in [0.29, 0.717) is 15.8 Å². The molecule has 0 bridgehead atoms. The van der Waals surface area contributed by atoms with Gasteiger partial charge in [-0.25, -0.2) is 4.99 Å². The highest BCUT2D eigenvalue weighted by Crippen LogP contribution is 2.30. The van der Waals surface area contributed by atoms with Crippen LogP contribution in [0.2, 0.25) is 0 Å². The Hall–Kier alpha value is -2.47. The van der Waals surface area contributed by atoms with Gasteiger partial charge in [0, 0.05) is 25.2 Å². The monoisotopic (exact) mass is 369 g/mol. The van der Waals surface area contributed by atoms with Gasteiger partial charge in [0.2, 0.25) is 0 Å². The predicted molar refractivity (Wildman–Crippen MR) is 109 cm³/mol. The minimum absolute atomic E-state index is 0.153. The smallest absolute Gasteiger partial charge is 0.264 e. The highest BCUT2D eigenvalue weighted by molar-refractivity contribution is 8.18. The van der Waals surface area contributed by atoms with Crippen molar-refractivity contribution in [2.75, 3.05) is 18.0 Å². The first-order valence-electron chi connectivity index (χ1n) is 8.71. The van der Waals surface area contributed by atoms with Crippen LogP contribution in [-0.2, 0) is 4.79 Å². The molecule has 0 radical (unpaired) electrons. The summed E-state index contributed by atoms with van der Waals surface area (Å²) in [5.74, 6) is 1.33. The number of amidine groups is 1. The summed E-state index contributed by atoms with van der Waals surface area (Å²) in [4.78, 5) is 19.5. The number of nitrogens with zero attached hydrogens (tertiary/aromatic N) is 2. The van der Waals surface area contributed by atoms with Crippen LogP contribution in [-0.4, -0.2) is 24.2 Å². The van der Waals surface area contributed by atoms with Crippen LogP contribution < -0.4 is 10.2 Å². The largest absolute Gasteiger partial charge is 0.441 e. The van der Waals surface area contributed by atoms with E-state index in [1.54, 1.807) is 6.08 Å². The predicted octanol–water partition coefficient (Wildman–Crippen LogP) is 4.63. The number of rotatable bonds is 5. The first kappa shape index (κ1) is 18.3. The SMILES string of the molecule is CCN(CC)c1ccc(/C=C2\SC(=Nc3ccc(C)cc3C)NC2=O)o1. The van der Waals surface area contributed by atoms with E-state index in [4.69, 9.17) is 4.42 Å². The maximum Gasteiger partial charge on any atom is 0.264 e. The number of amides is 1. The fourth-order valence-corrected chi connectivity index (χ4v) is 3.59. The Kier molecular flexibility index (Phi) is 5.52. The van der Waals surface area contributed by atoms with Gasteiger partial charge in [0.15, 0.2) is 11.1 Å². The number of benzene rings is 1. The van der Waals surface area contributed by atoms with E-state index in [9.17, 15) is 4.79 Å². The molecule has 0 atom stereocenters. The van der Waals surface area contributed by atoms with Gasteiger partial charge in [-0.05, 0) is 57.2 Å². The summed E-state index contributed by atoms with van der Waals surface area (Å²) in [6.07, 6.45) is 1.76. The number of anilines is 1. The van der Waals surface area contributed by atoms with E-state index in [-0.39, 0.29) is 5.91 Å². The van der Waals surface area contributed by atoms with Crippen molar-refractivity contribution in [3.8, 4) is 0 Å². The average Bonchev–Trinajstić information content (AvgIpc) is 3.19. The maximum atomic E-state index is 12.2. The number of carbonyl (C=O) groups is 1. The van der Waals surface area contributed by atoms with Crippen LogP contribution in [0.1, 0.15) is 30.7 Å². The van der Waals surface area contributed by atoms with Crippen LogP contribution in [0.25, 0.3) is 6.08 Å². The number of furan rings is 1. The lowest BCUT2D eigenvalue weighted by Gasteiger charge is -2.16. The molecule has 1 fully saturated rings. The molecule has 0 spiro atoms. The van der Waals surface area contributed by atoms with E-state index in [1.807, 2.05) is 38.1 Å². The van der Waals surface area contributed by atoms with Gasteiger partial charge in [0.05, 0.1) is 10.6 Å². The molecule has 0 saturated carbocycles. The average molecular weight is 369 g/mol. The molecule has 136 valence electrons. The molecule has 6 heteroatoms. The van der Waals surface area contributed by atoms with Gasteiger partial charge >= 0.3 is 0 Å². The first-order chi connectivity index (χ1) is 12.5. The molecule has 1 saturated heterocycles. The Balaban J connectivity index is 1.79. The molecule has 1 N–H and O–H groups in total. The lowest BCUT2D eigenvalue weighted by Crippen LogP contribution is -2.20. The third-order valence-corrected chi connectivity index (χ3v) is 5.10. The molecule has 5 nitrogen and oxygen atoms in total. The summed E-state index contributed by atoms with van der Waals surface area (Å²) in [7, 11) is 0. The van der Waals surface area contributed by atoms with Crippen LogP contribution in [0, 0.1) is 13.8 Å². The van der Waals surface area contributed by atoms with Crippen LogP contribution in [0.5, 0.6) is 0 Å². The normalized spacial score (nSPS) is 17.2. The Morgan fingerprint density at radius 2 is 1.96 bits per heavy atom. The number of aryl methyl sites for hydroxylation is 2. The van der Waals surface area contributed by atoms with E-state index in [2.05, 4.69) is 35.1 Å². The zero-order valence-electron chi connectivity index (χ0n) is 15.5. The van der Waals surface area contributed by atoms with E-state index in [0.717, 1.165) is 30.2 Å². The lowest BCUT2D eigenvalue weighted by atomic mass is 10.1. The van der Waals surface area contributed by atoms with Crippen molar-refractivity contribution in [2.45, 2.75) is 27.7 Å². The van der Waals surface area contributed by atoms with Crippen molar-refractivity contribution >= 4 is 40.5 Å². The minimum Gasteiger partial charge on any atom is -0.441 e. The zero-order valence-corrected chi connectivity index (χ0v) is 16.3. The second-order valence-corrected chi connectivity index (χ2v) is 7.15. The van der Waals surface area contributed by atoms with Crippen LogP contribution in [0.15, 0.2) is 44.6 Å². The summed E-state index contributed by atoms with van der Waals surface area (Å²) in [5.41, 5.74) is 3.14. The summed E-state index contributed by atoms with van der Waals surface area (Å²) < 4.78 is 5.84. The number of hydrogen-bond donors (Lipinski definition) is 1. The summed E-state index contributed by atoms with van der Waals surface area (Å²) in [6, 6.07) is 9.88. The van der Waals surface area contributed by atoms with E-state index < -0.39 is 0 Å². The molecule has 3 rings (SSSR count). The fraction of sp³-hybridized carbons (Fsp3) is 0.300. The number of aliphatic imine (C=N–C) groups is 1. The summed E-state index contributed by atoms with van der Waals surface area (Å²) in [5, 5.41) is 3.41. The van der Waals surface area contributed by atoms with Gasteiger partial charge in [0.1, 0.15) is 5.76 Å². The molecule has 1 aliphatic rings. The molecule has 1 aliphatic heterocycles. The molecule has 2 heterocycles. The standard InChI is InChI=1S/C20H23N3O2S/c1-5-23(6-2)18-10-8-15(25-18)12-17-19(24)22-20(26-17)21-16-9-7-13(3)11-14(16)4/h7-12H,5-6H2,1-4H3,(H,21,22,24)/b17-12-. The second-order valence-electron chi connectivity index (χ2n) is 6.12. The lowest BCUT2D eigenvalue weighted by molar-refractivity contribution is -0.115. The second kappa shape index (κ2) is 7.83. The van der Waals surface area contributed by atoms with Crippen molar-refractivity contribution < 1.29 is 9.21 Å².